The summed E-state index contributed by atoms with van der Waals surface area (Å²) in [6, 6.07) is 1.24. The molecule has 10 heteroatoms. The monoisotopic (exact) mass is 300 g/mol. The van der Waals surface area contributed by atoms with Crippen LogP contribution in [-0.4, -0.2) is 38.6 Å². The normalized spacial score (nSPS) is 11.5. The number of rotatable bonds is 6. The minimum absolute atomic E-state index is 0.0140. The number of nitrogens with zero attached hydrogens (tertiary/aromatic N) is 2. The van der Waals surface area contributed by atoms with Crippen LogP contribution in [0.15, 0.2) is 6.07 Å². The molecule has 0 aliphatic carbocycles. The van der Waals surface area contributed by atoms with Crippen LogP contribution < -0.4 is 9.44 Å². The zero-order chi connectivity index (χ0) is 12.9. The van der Waals surface area contributed by atoms with Crippen molar-refractivity contribution < 1.29 is 13.2 Å². The Morgan fingerprint density at radius 1 is 1.41 bits per heavy atom. The van der Waals surface area contributed by atoms with E-state index in [0.717, 1.165) is 0 Å². The molecule has 0 aromatic carbocycles. The molecule has 0 saturated carbocycles. The molecular weight excluding hydrogens is 291 g/mol. The van der Waals surface area contributed by atoms with Crippen LogP contribution in [0.3, 0.4) is 0 Å². The topological polar surface area (TPSA) is 93.2 Å². The molecule has 0 amide bonds. The van der Waals surface area contributed by atoms with E-state index in [-0.39, 0.29) is 29.4 Å². The zero-order valence-electron chi connectivity index (χ0n) is 8.77. The van der Waals surface area contributed by atoms with Gasteiger partial charge in [0, 0.05) is 19.7 Å². The molecule has 1 aromatic heterocycles. The number of nitrogens with one attached hydrogen (secondary N) is 2. The fraction of sp³-hybridized carbons (Fsp3) is 0.429. The van der Waals surface area contributed by atoms with Gasteiger partial charge in [0.25, 0.3) is 10.2 Å². The Labute approximate surface area is 109 Å². The first-order valence-corrected chi connectivity index (χ1v) is 6.63. The molecule has 0 spiro atoms. The quantitative estimate of drug-likeness (QED) is 0.458. The molecule has 0 fully saturated rings. The summed E-state index contributed by atoms with van der Waals surface area (Å²) < 4.78 is 32.0. The van der Waals surface area contributed by atoms with E-state index in [1.165, 1.54) is 13.2 Å². The van der Waals surface area contributed by atoms with Crippen molar-refractivity contribution in [2.45, 2.75) is 0 Å². The molecule has 96 valence electrons. The second kappa shape index (κ2) is 6.31. The van der Waals surface area contributed by atoms with Gasteiger partial charge in [-0.15, -0.1) is 0 Å². The third kappa shape index (κ3) is 5.46. The Kier molecular flexibility index (Phi) is 5.34. The van der Waals surface area contributed by atoms with E-state index in [1.807, 2.05) is 0 Å². The van der Waals surface area contributed by atoms with E-state index in [0.29, 0.717) is 0 Å². The van der Waals surface area contributed by atoms with Crippen LogP contribution in [0.5, 0.6) is 0 Å². The van der Waals surface area contributed by atoms with Crippen LogP contribution in [-0.2, 0) is 14.9 Å². The molecule has 1 aromatic rings. The van der Waals surface area contributed by atoms with Gasteiger partial charge in [0.15, 0.2) is 0 Å². The lowest BCUT2D eigenvalue weighted by Crippen LogP contribution is -2.32. The molecule has 1 rings (SSSR count). The molecule has 0 aliphatic rings. The summed E-state index contributed by atoms with van der Waals surface area (Å²) in [4.78, 5) is 7.24. The first-order valence-electron chi connectivity index (χ1n) is 4.39. The molecule has 0 unspecified atom stereocenters. The van der Waals surface area contributed by atoms with Crippen molar-refractivity contribution in [3.05, 3.63) is 16.5 Å². The average molecular weight is 301 g/mol. The number of aromatic nitrogens is 2. The lowest BCUT2D eigenvalue weighted by atomic mass is 10.6. The molecule has 1 heterocycles. The highest BCUT2D eigenvalue weighted by Gasteiger charge is 2.11. The van der Waals surface area contributed by atoms with E-state index < -0.39 is 10.2 Å². The van der Waals surface area contributed by atoms with Gasteiger partial charge in [0.2, 0.25) is 5.28 Å². The summed E-state index contributed by atoms with van der Waals surface area (Å²) in [6.07, 6.45) is 0. The van der Waals surface area contributed by atoms with E-state index in [2.05, 4.69) is 19.4 Å². The molecule has 0 radical (unpaired) electrons. The minimum Gasteiger partial charge on any atom is -0.383 e. The predicted molar refractivity (Wildman–Crippen MR) is 64.5 cm³/mol. The Morgan fingerprint density at radius 3 is 2.71 bits per heavy atom. The molecule has 17 heavy (non-hydrogen) atoms. The number of hydrogen-bond donors (Lipinski definition) is 2. The molecule has 0 atom stereocenters. The number of halogens is 2. The summed E-state index contributed by atoms with van der Waals surface area (Å²) in [7, 11) is -2.26. The fourth-order valence-electron chi connectivity index (χ4n) is 0.894. The SMILES string of the molecule is COCCNS(=O)(=O)Nc1cc(Cl)nc(Cl)n1. The van der Waals surface area contributed by atoms with E-state index >= 15 is 0 Å². The predicted octanol–water partition coefficient (Wildman–Crippen LogP) is 0.676. The summed E-state index contributed by atoms with van der Waals surface area (Å²) in [6.45, 7) is 0.393. The second-order valence-corrected chi connectivity index (χ2v) is 5.06. The lowest BCUT2D eigenvalue weighted by molar-refractivity contribution is 0.204. The van der Waals surface area contributed by atoms with Crippen LogP contribution in [0, 0.1) is 0 Å². The Bertz CT molecular complexity index is 462. The average Bonchev–Trinajstić information content (AvgIpc) is 2.14. The van der Waals surface area contributed by atoms with Gasteiger partial charge in [0.1, 0.15) is 11.0 Å². The molecular formula is C7H10Cl2N4O3S. The third-order valence-electron chi connectivity index (χ3n) is 1.50. The van der Waals surface area contributed by atoms with Crippen molar-refractivity contribution in [2.24, 2.45) is 0 Å². The number of methoxy groups -OCH3 is 1. The largest absolute Gasteiger partial charge is 0.383 e. The second-order valence-electron chi connectivity index (χ2n) is 2.84. The van der Waals surface area contributed by atoms with Gasteiger partial charge in [-0.05, 0) is 11.6 Å². The maximum atomic E-state index is 11.5. The van der Waals surface area contributed by atoms with Crippen LogP contribution in [0.25, 0.3) is 0 Å². The first-order chi connectivity index (χ1) is 7.93. The van der Waals surface area contributed by atoms with E-state index in [1.54, 1.807) is 0 Å². The van der Waals surface area contributed by atoms with Crippen molar-refractivity contribution in [3.8, 4) is 0 Å². The van der Waals surface area contributed by atoms with Crippen LogP contribution >= 0.6 is 23.2 Å². The lowest BCUT2D eigenvalue weighted by Gasteiger charge is -2.08. The van der Waals surface area contributed by atoms with Crippen molar-refractivity contribution in [3.63, 3.8) is 0 Å². The van der Waals surface area contributed by atoms with Gasteiger partial charge in [-0.1, -0.05) is 11.6 Å². The Hall–Kier alpha value is -0.670. The Morgan fingerprint density at radius 2 is 2.12 bits per heavy atom. The van der Waals surface area contributed by atoms with Gasteiger partial charge in [-0.25, -0.2) is 4.98 Å². The van der Waals surface area contributed by atoms with Crippen molar-refractivity contribution in [1.29, 1.82) is 0 Å². The van der Waals surface area contributed by atoms with Crippen molar-refractivity contribution in [2.75, 3.05) is 25.0 Å². The highest BCUT2D eigenvalue weighted by atomic mass is 35.5. The third-order valence-corrected chi connectivity index (χ3v) is 2.93. The van der Waals surface area contributed by atoms with Gasteiger partial charge >= 0.3 is 0 Å². The number of ether oxygens (including phenoxy) is 1. The molecule has 7 nitrogen and oxygen atoms in total. The zero-order valence-corrected chi connectivity index (χ0v) is 11.1. The van der Waals surface area contributed by atoms with Crippen LogP contribution in [0.1, 0.15) is 0 Å². The van der Waals surface area contributed by atoms with E-state index in [9.17, 15) is 8.42 Å². The molecule has 0 saturated heterocycles. The maximum Gasteiger partial charge on any atom is 0.300 e. The summed E-state index contributed by atoms with van der Waals surface area (Å²) in [5.74, 6) is -0.0140. The van der Waals surface area contributed by atoms with E-state index in [4.69, 9.17) is 27.9 Å². The van der Waals surface area contributed by atoms with Gasteiger partial charge < -0.3 is 4.74 Å². The smallest absolute Gasteiger partial charge is 0.300 e. The highest BCUT2D eigenvalue weighted by molar-refractivity contribution is 7.90. The highest BCUT2D eigenvalue weighted by Crippen LogP contribution is 2.14. The fourth-order valence-corrected chi connectivity index (χ4v) is 2.11. The Balaban J connectivity index is 2.69. The standard InChI is InChI=1S/C7H10Cl2N4O3S/c1-16-3-2-10-17(14,15)13-6-4-5(8)11-7(9)12-6/h4,10H,2-3H2,1H3,(H,11,12,13). The molecule has 0 aliphatic heterocycles. The van der Waals surface area contributed by atoms with Crippen molar-refractivity contribution >= 4 is 39.2 Å². The number of anilines is 1. The summed E-state index contributed by atoms with van der Waals surface area (Å²) in [5.41, 5.74) is 0. The minimum atomic E-state index is -3.73. The molecule has 2 N–H and O–H groups in total. The van der Waals surface area contributed by atoms with Gasteiger partial charge in [-0.3, -0.25) is 4.72 Å². The maximum absolute atomic E-state index is 11.5. The number of hydrogen-bond acceptors (Lipinski definition) is 5. The van der Waals surface area contributed by atoms with Crippen molar-refractivity contribution in [1.82, 2.24) is 14.7 Å². The van der Waals surface area contributed by atoms with Crippen LogP contribution in [0.4, 0.5) is 5.82 Å². The summed E-state index contributed by atoms with van der Waals surface area (Å²) >= 11 is 11.1. The van der Waals surface area contributed by atoms with Crippen LogP contribution in [0.2, 0.25) is 10.4 Å². The first kappa shape index (κ1) is 14.4. The summed E-state index contributed by atoms with van der Waals surface area (Å²) in [5, 5.41) is -0.105. The van der Waals surface area contributed by atoms with Gasteiger partial charge in [-0.2, -0.15) is 18.1 Å². The molecule has 0 bridgehead atoms. The van der Waals surface area contributed by atoms with Gasteiger partial charge in [0.05, 0.1) is 6.61 Å².